The second-order valence-electron chi connectivity index (χ2n) is 8.82. The minimum atomic E-state index is -0.0778. The monoisotopic (exact) mass is 493 g/mol. The molecule has 192 valence electrons. The van der Waals surface area contributed by atoms with E-state index in [4.69, 9.17) is 18.7 Å². The van der Waals surface area contributed by atoms with Crippen LogP contribution in [0.25, 0.3) is 11.5 Å². The summed E-state index contributed by atoms with van der Waals surface area (Å²) in [5.41, 5.74) is 1.93. The zero-order chi connectivity index (χ0) is 25.3. The van der Waals surface area contributed by atoms with E-state index >= 15 is 0 Å². The number of hydrogen-bond acceptors (Lipinski definition) is 7. The normalized spacial score (nSPS) is 15.4. The van der Waals surface area contributed by atoms with Crippen LogP contribution in [-0.4, -0.2) is 53.9 Å². The van der Waals surface area contributed by atoms with Gasteiger partial charge in [0.25, 0.3) is 5.89 Å². The predicted octanol–water partition coefficient (Wildman–Crippen LogP) is 5.27. The molecule has 1 aromatic heterocycles. The van der Waals surface area contributed by atoms with Crippen molar-refractivity contribution in [2.24, 2.45) is 0 Å². The smallest absolute Gasteiger partial charge is 0.257 e. The molecule has 1 fully saturated rings. The van der Waals surface area contributed by atoms with Crippen molar-refractivity contribution in [1.82, 2.24) is 15.0 Å². The van der Waals surface area contributed by atoms with E-state index < -0.39 is 0 Å². The van der Waals surface area contributed by atoms with E-state index in [-0.39, 0.29) is 11.8 Å². The average Bonchev–Trinajstić information content (AvgIpc) is 3.52. The van der Waals surface area contributed by atoms with Crippen molar-refractivity contribution in [3.63, 3.8) is 0 Å². The van der Waals surface area contributed by atoms with Gasteiger partial charge in [-0.25, -0.2) is 0 Å². The Kier molecular flexibility index (Phi) is 8.81. The highest BCUT2D eigenvalue weighted by Gasteiger charge is 2.33. The Morgan fingerprint density at radius 1 is 1.00 bits per heavy atom. The van der Waals surface area contributed by atoms with Crippen LogP contribution < -0.4 is 14.2 Å². The number of unbranched alkanes of at least 4 members (excludes halogenated alkanes) is 1. The molecule has 1 atom stereocenters. The number of aromatic nitrogens is 2. The molecule has 1 amide bonds. The summed E-state index contributed by atoms with van der Waals surface area (Å²) in [5.74, 6) is 3.36. The SMILES string of the molecule is CCCCOc1ccc(-c2nc(C3CC(=O)N(CCc4ccc(OCC)c(OCC)c4)C3)no2)cc1. The van der Waals surface area contributed by atoms with Crippen molar-refractivity contribution >= 4 is 5.91 Å². The first-order valence-corrected chi connectivity index (χ1v) is 12.8. The van der Waals surface area contributed by atoms with Crippen molar-refractivity contribution in [2.45, 2.75) is 52.4 Å². The molecule has 1 unspecified atom stereocenters. The lowest BCUT2D eigenvalue weighted by atomic mass is 10.1. The zero-order valence-electron chi connectivity index (χ0n) is 21.4. The quantitative estimate of drug-likeness (QED) is 0.300. The summed E-state index contributed by atoms with van der Waals surface area (Å²) >= 11 is 0. The van der Waals surface area contributed by atoms with E-state index in [0.29, 0.717) is 51.0 Å². The van der Waals surface area contributed by atoms with Crippen LogP contribution >= 0.6 is 0 Å². The molecule has 0 aliphatic carbocycles. The Morgan fingerprint density at radius 3 is 2.53 bits per heavy atom. The molecule has 36 heavy (non-hydrogen) atoms. The minimum Gasteiger partial charge on any atom is -0.494 e. The first kappa shape index (κ1) is 25.5. The molecule has 0 bridgehead atoms. The van der Waals surface area contributed by atoms with E-state index in [0.717, 1.165) is 47.6 Å². The summed E-state index contributed by atoms with van der Waals surface area (Å²) in [6.45, 7) is 9.10. The lowest BCUT2D eigenvalue weighted by molar-refractivity contribution is -0.127. The van der Waals surface area contributed by atoms with Gasteiger partial charge < -0.3 is 23.6 Å². The molecule has 2 aromatic carbocycles. The highest BCUT2D eigenvalue weighted by molar-refractivity contribution is 5.79. The fraction of sp³-hybridized carbons (Fsp3) is 0.464. The van der Waals surface area contributed by atoms with Gasteiger partial charge in [0.15, 0.2) is 17.3 Å². The fourth-order valence-corrected chi connectivity index (χ4v) is 4.22. The standard InChI is InChI=1S/C28H35N3O5/c1-4-7-16-35-23-11-9-21(10-12-23)28-29-27(30-36-28)22-18-26(32)31(19-22)15-14-20-8-13-24(33-5-2)25(17-20)34-6-3/h8-13,17,22H,4-7,14-16,18-19H2,1-3H3. The molecular formula is C28H35N3O5. The molecule has 2 heterocycles. The molecule has 8 heteroatoms. The minimum absolute atomic E-state index is 0.0778. The van der Waals surface area contributed by atoms with E-state index in [1.54, 1.807) is 0 Å². The topological polar surface area (TPSA) is 86.9 Å². The summed E-state index contributed by atoms with van der Waals surface area (Å²) in [7, 11) is 0. The number of ether oxygens (including phenoxy) is 3. The predicted molar refractivity (Wildman–Crippen MR) is 137 cm³/mol. The van der Waals surface area contributed by atoms with Crippen molar-refractivity contribution < 1.29 is 23.5 Å². The average molecular weight is 494 g/mol. The van der Waals surface area contributed by atoms with Gasteiger partial charge in [0.2, 0.25) is 5.91 Å². The van der Waals surface area contributed by atoms with E-state index in [9.17, 15) is 4.79 Å². The fourth-order valence-electron chi connectivity index (χ4n) is 4.22. The first-order valence-electron chi connectivity index (χ1n) is 12.8. The van der Waals surface area contributed by atoms with Crippen molar-refractivity contribution in [2.75, 3.05) is 32.9 Å². The molecule has 0 N–H and O–H groups in total. The van der Waals surface area contributed by atoms with Crippen LogP contribution in [0.5, 0.6) is 17.2 Å². The molecule has 1 aliphatic heterocycles. The van der Waals surface area contributed by atoms with Crippen molar-refractivity contribution in [3.8, 4) is 28.7 Å². The van der Waals surface area contributed by atoms with Crippen LogP contribution in [-0.2, 0) is 11.2 Å². The molecule has 4 rings (SSSR count). The summed E-state index contributed by atoms with van der Waals surface area (Å²) in [4.78, 5) is 19.2. The highest BCUT2D eigenvalue weighted by Crippen LogP contribution is 2.31. The number of rotatable bonds is 13. The van der Waals surface area contributed by atoms with Crippen molar-refractivity contribution in [3.05, 3.63) is 53.9 Å². The maximum atomic E-state index is 12.7. The van der Waals surface area contributed by atoms with E-state index in [2.05, 4.69) is 17.1 Å². The van der Waals surface area contributed by atoms with E-state index in [1.807, 2.05) is 61.2 Å². The lowest BCUT2D eigenvalue weighted by Gasteiger charge is -2.17. The van der Waals surface area contributed by atoms with Crippen molar-refractivity contribution in [1.29, 1.82) is 0 Å². The zero-order valence-corrected chi connectivity index (χ0v) is 21.4. The molecule has 1 saturated heterocycles. The third-order valence-electron chi connectivity index (χ3n) is 6.17. The van der Waals surface area contributed by atoms with Crippen LogP contribution in [0.15, 0.2) is 47.0 Å². The summed E-state index contributed by atoms with van der Waals surface area (Å²) in [6, 6.07) is 13.6. The highest BCUT2D eigenvalue weighted by atomic mass is 16.5. The van der Waals surface area contributed by atoms with Gasteiger partial charge in [-0.05, 0) is 68.7 Å². The Balaban J connectivity index is 1.34. The van der Waals surface area contributed by atoms with Crippen LogP contribution in [0.3, 0.4) is 0 Å². The third-order valence-corrected chi connectivity index (χ3v) is 6.17. The third kappa shape index (κ3) is 6.36. The molecule has 0 spiro atoms. The van der Waals surface area contributed by atoms with Crippen LogP contribution in [0.4, 0.5) is 0 Å². The number of hydrogen-bond donors (Lipinski definition) is 0. The number of nitrogens with zero attached hydrogens (tertiary/aromatic N) is 3. The summed E-state index contributed by atoms with van der Waals surface area (Å²) in [6.07, 6.45) is 3.24. The molecule has 8 nitrogen and oxygen atoms in total. The molecular weight excluding hydrogens is 458 g/mol. The first-order chi connectivity index (χ1) is 17.6. The Bertz CT molecular complexity index is 1130. The Morgan fingerprint density at radius 2 is 1.78 bits per heavy atom. The Labute approximate surface area is 212 Å². The van der Waals surface area contributed by atoms with Crippen LogP contribution in [0, 0.1) is 0 Å². The largest absolute Gasteiger partial charge is 0.494 e. The second-order valence-corrected chi connectivity index (χ2v) is 8.82. The molecule has 0 radical (unpaired) electrons. The van der Waals surface area contributed by atoms with Crippen LogP contribution in [0.2, 0.25) is 0 Å². The van der Waals surface area contributed by atoms with Gasteiger partial charge in [0, 0.05) is 31.0 Å². The molecule has 1 aliphatic rings. The lowest BCUT2D eigenvalue weighted by Crippen LogP contribution is -2.27. The Hall–Kier alpha value is -3.55. The number of carbonyl (C=O) groups is 1. The van der Waals surface area contributed by atoms with Crippen LogP contribution in [0.1, 0.15) is 57.3 Å². The number of carbonyl (C=O) groups excluding carboxylic acids is 1. The molecule has 3 aromatic rings. The maximum Gasteiger partial charge on any atom is 0.257 e. The summed E-state index contributed by atoms with van der Waals surface area (Å²) < 4.78 is 22.6. The van der Waals surface area contributed by atoms with Gasteiger partial charge in [0.1, 0.15) is 5.75 Å². The van der Waals surface area contributed by atoms with Gasteiger partial charge in [-0.2, -0.15) is 4.98 Å². The number of benzene rings is 2. The van der Waals surface area contributed by atoms with Gasteiger partial charge in [0.05, 0.1) is 19.8 Å². The number of amides is 1. The van der Waals surface area contributed by atoms with E-state index in [1.165, 1.54) is 0 Å². The van der Waals surface area contributed by atoms with Gasteiger partial charge in [-0.15, -0.1) is 0 Å². The second kappa shape index (κ2) is 12.4. The number of likely N-dealkylation sites (tertiary alicyclic amines) is 1. The van der Waals surface area contributed by atoms with Gasteiger partial charge in [-0.3, -0.25) is 4.79 Å². The van der Waals surface area contributed by atoms with Gasteiger partial charge >= 0.3 is 0 Å². The molecule has 0 saturated carbocycles. The van der Waals surface area contributed by atoms with Gasteiger partial charge in [-0.1, -0.05) is 24.6 Å². The summed E-state index contributed by atoms with van der Waals surface area (Å²) in [5, 5.41) is 4.18. The maximum absolute atomic E-state index is 12.7.